The van der Waals surface area contributed by atoms with Crippen molar-refractivity contribution >= 4 is 11.6 Å². The van der Waals surface area contributed by atoms with E-state index < -0.39 is 0 Å². The van der Waals surface area contributed by atoms with Gasteiger partial charge in [-0.05, 0) is 30.9 Å². The summed E-state index contributed by atoms with van der Waals surface area (Å²) in [5.74, 6) is 2.54. The summed E-state index contributed by atoms with van der Waals surface area (Å²) in [4.78, 5) is 21.3. The van der Waals surface area contributed by atoms with E-state index in [1.807, 2.05) is 18.3 Å². The van der Waals surface area contributed by atoms with E-state index >= 15 is 0 Å². The van der Waals surface area contributed by atoms with Crippen molar-refractivity contribution in [3.05, 3.63) is 24.4 Å². The molecule has 1 aliphatic carbocycles. The Balaban J connectivity index is 1.51. The van der Waals surface area contributed by atoms with Gasteiger partial charge in [-0.25, -0.2) is 4.98 Å². The molecule has 0 N–H and O–H groups in total. The fourth-order valence-electron chi connectivity index (χ4n) is 3.52. The van der Waals surface area contributed by atoms with Crippen LogP contribution in [0.5, 0.6) is 0 Å². The van der Waals surface area contributed by atoms with E-state index in [0.717, 1.165) is 57.8 Å². The monoisotopic (exact) mass is 287 g/mol. The van der Waals surface area contributed by atoms with E-state index in [9.17, 15) is 4.79 Å². The normalized spacial score (nSPS) is 27.9. The third-order valence-corrected chi connectivity index (χ3v) is 4.85. The molecular formula is C17H25N3O. The lowest BCUT2D eigenvalue weighted by Gasteiger charge is -2.38. The summed E-state index contributed by atoms with van der Waals surface area (Å²) >= 11 is 0. The molecule has 114 valence electrons. The molecule has 0 bridgehead atoms. The van der Waals surface area contributed by atoms with Crippen LogP contribution in [0.1, 0.15) is 26.2 Å². The number of Topliss-reactive ketones (excluding diaryl/α,β-unsaturated/α-hetero) is 1. The lowest BCUT2D eigenvalue weighted by atomic mass is 9.81. The van der Waals surface area contributed by atoms with Gasteiger partial charge in [0.25, 0.3) is 0 Å². The van der Waals surface area contributed by atoms with Crippen LogP contribution in [0.2, 0.25) is 0 Å². The van der Waals surface area contributed by atoms with Crippen LogP contribution in [-0.4, -0.2) is 48.4 Å². The summed E-state index contributed by atoms with van der Waals surface area (Å²) < 4.78 is 0. The summed E-state index contributed by atoms with van der Waals surface area (Å²) in [5.41, 5.74) is 0. The van der Waals surface area contributed by atoms with Gasteiger partial charge < -0.3 is 4.90 Å². The first kappa shape index (κ1) is 14.5. The van der Waals surface area contributed by atoms with E-state index in [4.69, 9.17) is 0 Å². The number of nitrogens with zero attached hydrogens (tertiary/aromatic N) is 3. The van der Waals surface area contributed by atoms with Crippen LogP contribution < -0.4 is 4.90 Å². The Morgan fingerprint density at radius 2 is 2.05 bits per heavy atom. The van der Waals surface area contributed by atoms with Crippen LogP contribution in [0, 0.1) is 11.8 Å². The minimum atomic E-state index is 0.273. The van der Waals surface area contributed by atoms with Crippen molar-refractivity contribution in [2.24, 2.45) is 11.8 Å². The van der Waals surface area contributed by atoms with E-state index in [1.54, 1.807) is 0 Å². The Labute approximate surface area is 127 Å². The van der Waals surface area contributed by atoms with Crippen LogP contribution in [0.3, 0.4) is 0 Å². The van der Waals surface area contributed by atoms with E-state index in [2.05, 4.69) is 27.8 Å². The maximum atomic E-state index is 12.1. The summed E-state index contributed by atoms with van der Waals surface area (Å²) in [6.45, 7) is 7.32. The fourth-order valence-corrected chi connectivity index (χ4v) is 3.52. The number of hydrogen-bond acceptors (Lipinski definition) is 4. The van der Waals surface area contributed by atoms with Crippen molar-refractivity contribution in [3.63, 3.8) is 0 Å². The topological polar surface area (TPSA) is 36.4 Å². The third-order valence-electron chi connectivity index (χ3n) is 4.85. The van der Waals surface area contributed by atoms with Gasteiger partial charge in [-0.2, -0.15) is 0 Å². The van der Waals surface area contributed by atoms with Crippen molar-refractivity contribution in [1.29, 1.82) is 0 Å². The maximum Gasteiger partial charge on any atom is 0.137 e. The quantitative estimate of drug-likeness (QED) is 0.854. The Bertz CT molecular complexity index is 468. The Morgan fingerprint density at radius 3 is 2.76 bits per heavy atom. The SMILES string of the molecule is CC1CCC(=O)C(CN2CCN(c3ccccn3)CC2)C1. The predicted octanol–water partition coefficient (Wildman–Crippen LogP) is 2.21. The smallest absolute Gasteiger partial charge is 0.137 e. The lowest BCUT2D eigenvalue weighted by molar-refractivity contribution is -0.126. The van der Waals surface area contributed by atoms with Gasteiger partial charge in [-0.3, -0.25) is 9.69 Å². The maximum absolute atomic E-state index is 12.1. The van der Waals surface area contributed by atoms with Crippen LogP contribution in [0.4, 0.5) is 5.82 Å². The molecule has 2 atom stereocenters. The van der Waals surface area contributed by atoms with Gasteiger partial charge in [0.15, 0.2) is 0 Å². The number of aromatic nitrogens is 1. The molecule has 2 heterocycles. The number of piperazine rings is 1. The molecule has 1 saturated heterocycles. The summed E-state index contributed by atoms with van der Waals surface area (Å²) in [6.07, 6.45) is 4.81. The van der Waals surface area contributed by atoms with Crippen LogP contribution in [0.25, 0.3) is 0 Å². The number of hydrogen-bond donors (Lipinski definition) is 0. The van der Waals surface area contributed by atoms with Crippen molar-refractivity contribution in [2.75, 3.05) is 37.6 Å². The Kier molecular flexibility index (Phi) is 4.54. The minimum absolute atomic E-state index is 0.273. The molecule has 2 fully saturated rings. The molecule has 4 nitrogen and oxygen atoms in total. The van der Waals surface area contributed by atoms with E-state index in [0.29, 0.717) is 11.7 Å². The Morgan fingerprint density at radius 1 is 1.24 bits per heavy atom. The number of carbonyl (C=O) groups excluding carboxylic acids is 1. The zero-order valence-corrected chi connectivity index (χ0v) is 12.9. The molecular weight excluding hydrogens is 262 g/mol. The van der Waals surface area contributed by atoms with Crippen molar-refractivity contribution < 1.29 is 4.79 Å². The number of ketones is 1. The number of anilines is 1. The molecule has 1 aromatic heterocycles. The average molecular weight is 287 g/mol. The first-order valence-corrected chi connectivity index (χ1v) is 8.13. The number of rotatable bonds is 3. The molecule has 0 radical (unpaired) electrons. The zero-order valence-electron chi connectivity index (χ0n) is 12.9. The molecule has 0 spiro atoms. The van der Waals surface area contributed by atoms with Gasteiger partial charge in [-0.1, -0.05) is 13.0 Å². The molecule has 4 heteroatoms. The van der Waals surface area contributed by atoms with E-state index in [-0.39, 0.29) is 5.92 Å². The van der Waals surface area contributed by atoms with Gasteiger partial charge >= 0.3 is 0 Å². The third kappa shape index (κ3) is 3.62. The van der Waals surface area contributed by atoms with E-state index in [1.165, 1.54) is 0 Å². The lowest BCUT2D eigenvalue weighted by Crippen LogP contribution is -2.49. The van der Waals surface area contributed by atoms with Gasteiger partial charge in [0.1, 0.15) is 11.6 Å². The van der Waals surface area contributed by atoms with Gasteiger partial charge in [0, 0.05) is 51.3 Å². The molecule has 2 unspecified atom stereocenters. The molecule has 1 saturated carbocycles. The summed E-state index contributed by atoms with van der Waals surface area (Å²) in [7, 11) is 0. The highest BCUT2D eigenvalue weighted by atomic mass is 16.1. The first-order chi connectivity index (χ1) is 10.2. The predicted molar refractivity (Wildman–Crippen MR) is 84.4 cm³/mol. The molecule has 0 aromatic carbocycles. The fraction of sp³-hybridized carbons (Fsp3) is 0.647. The summed E-state index contributed by atoms with van der Waals surface area (Å²) in [6, 6.07) is 6.06. The second-order valence-electron chi connectivity index (χ2n) is 6.52. The second kappa shape index (κ2) is 6.56. The van der Waals surface area contributed by atoms with Gasteiger partial charge in [-0.15, -0.1) is 0 Å². The van der Waals surface area contributed by atoms with Gasteiger partial charge in [0.2, 0.25) is 0 Å². The second-order valence-corrected chi connectivity index (χ2v) is 6.52. The highest BCUT2D eigenvalue weighted by molar-refractivity contribution is 5.81. The van der Waals surface area contributed by atoms with Gasteiger partial charge in [0.05, 0.1) is 0 Å². The molecule has 21 heavy (non-hydrogen) atoms. The van der Waals surface area contributed by atoms with Crippen LogP contribution in [0.15, 0.2) is 24.4 Å². The Hall–Kier alpha value is -1.42. The highest BCUT2D eigenvalue weighted by Crippen LogP contribution is 2.27. The zero-order chi connectivity index (χ0) is 14.7. The highest BCUT2D eigenvalue weighted by Gasteiger charge is 2.29. The molecule has 2 aliphatic rings. The number of carbonyl (C=O) groups is 1. The average Bonchev–Trinajstić information content (AvgIpc) is 2.53. The molecule has 3 rings (SSSR count). The molecule has 1 aliphatic heterocycles. The standard InChI is InChI=1S/C17H25N3O/c1-14-5-6-16(21)15(12-14)13-19-8-10-20(11-9-19)17-4-2-3-7-18-17/h2-4,7,14-15H,5-6,8-13H2,1H3. The van der Waals surface area contributed by atoms with Crippen molar-refractivity contribution in [2.45, 2.75) is 26.2 Å². The first-order valence-electron chi connectivity index (χ1n) is 8.13. The van der Waals surface area contributed by atoms with Crippen molar-refractivity contribution in [3.8, 4) is 0 Å². The molecule has 1 aromatic rings. The minimum Gasteiger partial charge on any atom is -0.354 e. The van der Waals surface area contributed by atoms with Crippen LogP contribution in [-0.2, 0) is 4.79 Å². The van der Waals surface area contributed by atoms with Crippen molar-refractivity contribution in [1.82, 2.24) is 9.88 Å². The number of pyridine rings is 1. The molecule has 0 amide bonds. The summed E-state index contributed by atoms with van der Waals surface area (Å²) in [5, 5.41) is 0. The van der Waals surface area contributed by atoms with Crippen LogP contribution >= 0.6 is 0 Å². The largest absolute Gasteiger partial charge is 0.354 e.